The predicted molar refractivity (Wildman–Crippen MR) is 156 cm³/mol. The molecule has 42 heavy (non-hydrogen) atoms. The molecule has 0 radical (unpaired) electrons. The zero-order valence-electron chi connectivity index (χ0n) is 21.9. The van der Waals surface area contributed by atoms with E-state index in [2.05, 4.69) is 16.0 Å². The molecule has 4 rings (SSSR count). The van der Waals surface area contributed by atoms with E-state index in [9.17, 15) is 27.6 Å². The van der Waals surface area contributed by atoms with Crippen molar-refractivity contribution < 1.29 is 32.0 Å². The molecule has 0 saturated carbocycles. The van der Waals surface area contributed by atoms with Crippen molar-refractivity contribution in [3.05, 3.63) is 119 Å². The van der Waals surface area contributed by atoms with E-state index in [0.717, 1.165) is 23.9 Å². The van der Waals surface area contributed by atoms with Crippen LogP contribution in [-0.4, -0.2) is 23.0 Å². The number of rotatable bonds is 9. The van der Waals surface area contributed by atoms with Gasteiger partial charge in [0.2, 0.25) is 5.91 Å². The highest BCUT2D eigenvalue weighted by Crippen LogP contribution is 2.37. The summed E-state index contributed by atoms with van der Waals surface area (Å²) in [5.41, 5.74) is -0.828. The number of thioether (sulfide) groups is 1. The quantitative estimate of drug-likeness (QED) is 0.134. The van der Waals surface area contributed by atoms with Crippen LogP contribution < -0.4 is 16.0 Å². The molecule has 0 fully saturated rings. The third kappa shape index (κ3) is 8.27. The van der Waals surface area contributed by atoms with E-state index in [-0.39, 0.29) is 10.7 Å². The molecule has 1 heterocycles. The van der Waals surface area contributed by atoms with Crippen LogP contribution in [0.3, 0.4) is 0 Å². The van der Waals surface area contributed by atoms with Gasteiger partial charge in [0.25, 0.3) is 11.8 Å². The number of hydrogen-bond acceptors (Lipinski definition) is 5. The molecule has 0 aliphatic carbocycles. The Morgan fingerprint density at radius 2 is 1.69 bits per heavy atom. The molecule has 7 nitrogen and oxygen atoms in total. The zero-order chi connectivity index (χ0) is 30.3. The molecular formula is C30H23ClF3N3O4S. The Morgan fingerprint density at radius 3 is 2.38 bits per heavy atom. The zero-order valence-corrected chi connectivity index (χ0v) is 23.4. The average molecular weight is 614 g/mol. The summed E-state index contributed by atoms with van der Waals surface area (Å²) in [7, 11) is 0. The second-order valence-corrected chi connectivity index (χ2v) is 10.7. The standard InChI is InChI=1S/C30H23ClF3N3O4S/c1-18(27(38)36-25-13-12-20(31)15-24(25)30(32,33)34)42-23-11-5-9-21(16-23)35-29(40)26(17-22-10-6-14-41-22)37-28(39)19-7-3-2-4-8-19/h2-18H,1H3,(H,35,40)(H,36,38)(H,37,39)/b26-17-. The van der Waals surface area contributed by atoms with Gasteiger partial charge in [-0.25, -0.2) is 0 Å². The second-order valence-electron chi connectivity index (χ2n) is 8.81. The van der Waals surface area contributed by atoms with Crippen molar-refractivity contribution in [3.63, 3.8) is 0 Å². The Balaban J connectivity index is 1.45. The van der Waals surface area contributed by atoms with Crippen LogP contribution in [0.25, 0.3) is 6.08 Å². The number of nitrogens with one attached hydrogen (secondary N) is 3. The Hall–Kier alpha value is -4.48. The number of alkyl halides is 3. The van der Waals surface area contributed by atoms with Gasteiger partial charge in [0.15, 0.2) is 0 Å². The molecule has 12 heteroatoms. The van der Waals surface area contributed by atoms with E-state index in [1.807, 2.05) is 0 Å². The number of hydrogen-bond donors (Lipinski definition) is 3. The van der Waals surface area contributed by atoms with Gasteiger partial charge in [-0.1, -0.05) is 35.9 Å². The Kier molecular flexibility index (Phi) is 9.76. The lowest BCUT2D eigenvalue weighted by Crippen LogP contribution is -2.30. The Morgan fingerprint density at radius 1 is 0.929 bits per heavy atom. The van der Waals surface area contributed by atoms with E-state index in [4.69, 9.17) is 16.0 Å². The minimum atomic E-state index is -4.71. The van der Waals surface area contributed by atoms with Gasteiger partial charge in [0.05, 0.1) is 22.8 Å². The van der Waals surface area contributed by atoms with Crippen LogP contribution in [0.15, 0.2) is 106 Å². The molecule has 0 aliphatic rings. The first-order chi connectivity index (χ1) is 20.0. The van der Waals surface area contributed by atoms with Crippen LogP contribution in [0.1, 0.15) is 28.6 Å². The number of furan rings is 1. The third-order valence-electron chi connectivity index (χ3n) is 5.68. The van der Waals surface area contributed by atoms with E-state index in [1.165, 1.54) is 25.3 Å². The molecule has 3 aromatic carbocycles. The second kappa shape index (κ2) is 13.5. The van der Waals surface area contributed by atoms with Crippen molar-refractivity contribution >= 4 is 58.5 Å². The van der Waals surface area contributed by atoms with Gasteiger partial charge in [-0.15, -0.1) is 11.8 Å². The first kappa shape index (κ1) is 30.5. The molecule has 1 aromatic heterocycles. The minimum Gasteiger partial charge on any atom is -0.465 e. The SMILES string of the molecule is CC(Sc1cccc(NC(=O)/C(=C/c2ccco2)NC(=O)c2ccccc2)c1)C(=O)Nc1ccc(Cl)cc1C(F)(F)F. The number of benzene rings is 3. The van der Waals surface area contributed by atoms with Crippen LogP contribution in [0.5, 0.6) is 0 Å². The van der Waals surface area contributed by atoms with Crippen LogP contribution in [0.2, 0.25) is 5.02 Å². The molecule has 4 aromatic rings. The fraction of sp³-hybridized carbons (Fsp3) is 0.100. The summed E-state index contributed by atoms with van der Waals surface area (Å²) < 4.78 is 45.5. The number of amides is 3. The summed E-state index contributed by atoms with van der Waals surface area (Å²) in [5, 5.41) is 6.71. The third-order valence-corrected chi connectivity index (χ3v) is 7.01. The molecule has 1 atom stereocenters. The van der Waals surface area contributed by atoms with Crippen molar-refractivity contribution in [3.8, 4) is 0 Å². The summed E-state index contributed by atoms with van der Waals surface area (Å²) in [6.45, 7) is 1.54. The highest BCUT2D eigenvalue weighted by Gasteiger charge is 2.34. The van der Waals surface area contributed by atoms with Crippen molar-refractivity contribution in [1.29, 1.82) is 0 Å². The average Bonchev–Trinajstić information content (AvgIpc) is 3.47. The molecule has 0 bridgehead atoms. The summed E-state index contributed by atoms with van der Waals surface area (Å²) in [4.78, 5) is 39.2. The molecule has 216 valence electrons. The normalized spacial score (nSPS) is 12.4. The maximum absolute atomic E-state index is 13.4. The molecule has 3 N–H and O–H groups in total. The molecule has 1 unspecified atom stereocenters. The molecule has 0 aliphatic heterocycles. The van der Waals surface area contributed by atoms with Crippen molar-refractivity contribution in [2.24, 2.45) is 0 Å². The van der Waals surface area contributed by atoms with Crippen LogP contribution >= 0.6 is 23.4 Å². The lowest BCUT2D eigenvalue weighted by Gasteiger charge is -2.17. The summed E-state index contributed by atoms with van der Waals surface area (Å²) >= 11 is 6.79. The van der Waals surface area contributed by atoms with Crippen LogP contribution in [-0.2, 0) is 15.8 Å². The maximum Gasteiger partial charge on any atom is 0.418 e. The molecular weight excluding hydrogens is 591 g/mol. The van der Waals surface area contributed by atoms with E-state index < -0.39 is 40.4 Å². The van der Waals surface area contributed by atoms with E-state index >= 15 is 0 Å². The van der Waals surface area contributed by atoms with Gasteiger partial charge < -0.3 is 20.4 Å². The highest BCUT2D eigenvalue weighted by atomic mass is 35.5. The fourth-order valence-electron chi connectivity index (χ4n) is 3.66. The highest BCUT2D eigenvalue weighted by molar-refractivity contribution is 8.00. The monoisotopic (exact) mass is 613 g/mol. The van der Waals surface area contributed by atoms with Gasteiger partial charge >= 0.3 is 6.18 Å². The summed E-state index contributed by atoms with van der Waals surface area (Å²) in [6.07, 6.45) is -1.90. The smallest absolute Gasteiger partial charge is 0.418 e. The van der Waals surface area contributed by atoms with Gasteiger partial charge in [-0.3, -0.25) is 14.4 Å². The van der Waals surface area contributed by atoms with Gasteiger partial charge in [0, 0.05) is 27.2 Å². The number of carbonyl (C=O) groups is 3. The fourth-order valence-corrected chi connectivity index (χ4v) is 4.75. The number of carbonyl (C=O) groups excluding carboxylic acids is 3. The van der Waals surface area contributed by atoms with Crippen LogP contribution in [0.4, 0.5) is 24.5 Å². The first-order valence-corrected chi connectivity index (χ1v) is 13.6. The number of halogens is 4. The summed E-state index contributed by atoms with van der Waals surface area (Å²) in [6, 6.07) is 21.2. The Bertz CT molecular complexity index is 1610. The summed E-state index contributed by atoms with van der Waals surface area (Å²) in [5.74, 6) is -1.45. The topological polar surface area (TPSA) is 100 Å². The minimum absolute atomic E-state index is 0.0759. The first-order valence-electron chi connectivity index (χ1n) is 12.4. The van der Waals surface area contributed by atoms with Gasteiger partial charge in [-0.2, -0.15) is 13.2 Å². The van der Waals surface area contributed by atoms with Crippen molar-refractivity contribution in [2.45, 2.75) is 23.2 Å². The molecule has 0 saturated heterocycles. The van der Waals surface area contributed by atoms with E-state index in [0.29, 0.717) is 21.9 Å². The predicted octanol–water partition coefficient (Wildman–Crippen LogP) is 7.48. The van der Waals surface area contributed by atoms with Crippen molar-refractivity contribution in [1.82, 2.24) is 5.32 Å². The molecule has 3 amide bonds. The number of anilines is 2. The maximum atomic E-state index is 13.4. The Labute approximate surface area is 248 Å². The lowest BCUT2D eigenvalue weighted by atomic mass is 10.1. The largest absolute Gasteiger partial charge is 0.465 e. The van der Waals surface area contributed by atoms with Gasteiger partial charge in [-0.05, 0) is 67.6 Å². The lowest BCUT2D eigenvalue weighted by molar-refractivity contribution is -0.137. The van der Waals surface area contributed by atoms with Gasteiger partial charge in [0.1, 0.15) is 11.5 Å². The van der Waals surface area contributed by atoms with Crippen molar-refractivity contribution in [2.75, 3.05) is 10.6 Å². The van der Waals surface area contributed by atoms with E-state index in [1.54, 1.807) is 66.7 Å². The molecule has 0 spiro atoms. The van der Waals surface area contributed by atoms with Crippen LogP contribution in [0, 0.1) is 0 Å².